The lowest BCUT2D eigenvalue weighted by Crippen LogP contribution is -2.30. The van der Waals surface area contributed by atoms with Gasteiger partial charge in [0, 0.05) is 18.7 Å². The number of anilines is 2. The summed E-state index contributed by atoms with van der Waals surface area (Å²) in [4.78, 5) is 6.65. The second-order valence-corrected chi connectivity index (χ2v) is 5.31. The zero-order valence-electron chi connectivity index (χ0n) is 11.9. The van der Waals surface area contributed by atoms with E-state index in [1.807, 2.05) is 36.4 Å². The Morgan fingerprint density at radius 2 is 1.81 bits per heavy atom. The molecule has 1 aliphatic heterocycles. The number of nitrogen functional groups attached to an aromatic ring is 1. The number of piperidine rings is 1. The van der Waals surface area contributed by atoms with Gasteiger partial charge in [0.05, 0.1) is 11.4 Å². The molecule has 1 aromatic carbocycles. The Morgan fingerprint density at radius 1 is 1.10 bits per heavy atom. The molecule has 2 N–H and O–H groups in total. The van der Waals surface area contributed by atoms with Crippen molar-refractivity contribution in [2.75, 3.05) is 23.7 Å². The van der Waals surface area contributed by atoms with Gasteiger partial charge in [-0.1, -0.05) is 30.3 Å². The summed E-state index contributed by atoms with van der Waals surface area (Å²) in [5, 5.41) is 9.39. The lowest BCUT2D eigenvalue weighted by atomic mass is 10.1. The first-order valence-corrected chi connectivity index (χ1v) is 7.30. The van der Waals surface area contributed by atoms with Crippen molar-refractivity contribution in [3.8, 4) is 17.3 Å². The van der Waals surface area contributed by atoms with Gasteiger partial charge >= 0.3 is 0 Å². The van der Waals surface area contributed by atoms with Gasteiger partial charge in [-0.2, -0.15) is 5.26 Å². The molecule has 2 aromatic rings. The van der Waals surface area contributed by atoms with Crippen molar-refractivity contribution in [2.24, 2.45) is 0 Å². The van der Waals surface area contributed by atoms with E-state index in [2.05, 4.69) is 16.0 Å². The van der Waals surface area contributed by atoms with Crippen LogP contribution < -0.4 is 10.6 Å². The first-order valence-electron chi connectivity index (χ1n) is 7.30. The van der Waals surface area contributed by atoms with Gasteiger partial charge in [0.25, 0.3) is 0 Å². The highest BCUT2D eigenvalue weighted by Crippen LogP contribution is 2.31. The van der Waals surface area contributed by atoms with E-state index in [1.165, 1.54) is 6.42 Å². The maximum atomic E-state index is 9.39. The third-order valence-electron chi connectivity index (χ3n) is 3.90. The highest BCUT2D eigenvalue weighted by atomic mass is 15.1. The third-order valence-corrected chi connectivity index (χ3v) is 3.90. The van der Waals surface area contributed by atoms with Crippen molar-refractivity contribution in [2.45, 2.75) is 19.3 Å². The molecule has 2 heterocycles. The van der Waals surface area contributed by atoms with Crippen molar-refractivity contribution < 1.29 is 0 Å². The lowest BCUT2D eigenvalue weighted by Gasteiger charge is -2.30. The minimum Gasteiger partial charge on any atom is -0.383 e. The quantitative estimate of drug-likeness (QED) is 0.916. The SMILES string of the molecule is N#Cc1c(N2CCCCC2)cc(-c2ccccc2)nc1N. The van der Waals surface area contributed by atoms with Crippen LogP contribution in [0.5, 0.6) is 0 Å². The number of aromatic nitrogens is 1. The lowest BCUT2D eigenvalue weighted by molar-refractivity contribution is 0.577. The van der Waals surface area contributed by atoms with Gasteiger partial charge in [-0.25, -0.2) is 4.98 Å². The molecule has 21 heavy (non-hydrogen) atoms. The van der Waals surface area contributed by atoms with Gasteiger partial charge in [-0.3, -0.25) is 0 Å². The average Bonchev–Trinajstić information content (AvgIpc) is 2.55. The van der Waals surface area contributed by atoms with Gasteiger partial charge in [0.1, 0.15) is 17.5 Å². The van der Waals surface area contributed by atoms with E-state index in [4.69, 9.17) is 5.73 Å². The van der Waals surface area contributed by atoms with Crippen LogP contribution in [0.4, 0.5) is 11.5 Å². The van der Waals surface area contributed by atoms with E-state index in [1.54, 1.807) is 0 Å². The third kappa shape index (κ3) is 2.68. The number of nitrogens with zero attached hydrogens (tertiary/aromatic N) is 3. The number of nitrogens with two attached hydrogens (primary N) is 1. The highest BCUT2D eigenvalue weighted by molar-refractivity contribution is 5.75. The van der Waals surface area contributed by atoms with Gasteiger partial charge in [-0.05, 0) is 25.3 Å². The van der Waals surface area contributed by atoms with Crippen LogP contribution in [0.1, 0.15) is 24.8 Å². The molecule has 1 aromatic heterocycles. The first-order chi connectivity index (χ1) is 10.3. The molecule has 0 unspecified atom stereocenters. The van der Waals surface area contributed by atoms with E-state index >= 15 is 0 Å². The molecule has 1 saturated heterocycles. The number of benzene rings is 1. The molecule has 0 radical (unpaired) electrons. The molecule has 0 saturated carbocycles. The molecule has 1 aliphatic rings. The Morgan fingerprint density at radius 3 is 2.48 bits per heavy atom. The Labute approximate surface area is 124 Å². The van der Waals surface area contributed by atoms with Crippen LogP contribution in [-0.2, 0) is 0 Å². The number of nitriles is 1. The van der Waals surface area contributed by atoms with Crippen LogP contribution in [-0.4, -0.2) is 18.1 Å². The molecular formula is C17H18N4. The topological polar surface area (TPSA) is 65.9 Å². The summed E-state index contributed by atoms with van der Waals surface area (Å²) in [5.41, 5.74) is 9.28. The number of pyridine rings is 1. The van der Waals surface area contributed by atoms with Crippen LogP contribution in [0.3, 0.4) is 0 Å². The summed E-state index contributed by atoms with van der Waals surface area (Å²) >= 11 is 0. The van der Waals surface area contributed by atoms with Crippen LogP contribution in [0.15, 0.2) is 36.4 Å². The maximum absolute atomic E-state index is 9.39. The highest BCUT2D eigenvalue weighted by Gasteiger charge is 2.18. The fraction of sp³-hybridized carbons (Fsp3) is 0.294. The summed E-state index contributed by atoms with van der Waals surface area (Å²) < 4.78 is 0. The van der Waals surface area contributed by atoms with Gasteiger partial charge in [0.15, 0.2) is 0 Å². The number of rotatable bonds is 2. The molecular weight excluding hydrogens is 260 g/mol. The van der Waals surface area contributed by atoms with E-state index < -0.39 is 0 Å². The van der Waals surface area contributed by atoms with Crippen molar-refractivity contribution >= 4 is 11.5 Å². The molecule has 4 heteroatoms. The molecule has 0 amide bonds. The van der Waals surface area contributed by atoms with E-state index in [9.17, 15) is 5.26 Å². The minimum absolute atomic E-state index is 0.319. The average molecular weight is 278 g/mol. The largest absolute Gasteiger partial charge is 0.383 e. The van der Waals surface area contributed by atoms with Crippen LogP contribution >= 0.6 is 0 Å². The van der Waals surface area contributed by atoms with E-state index in [0.29, 0.717) is 11.4 Å². The normalized spacial score (nSPS) is 14.7. The summed E-state index contributed by atoms with van der Waals surface area (Å²) in [7, 11) is 0. The molecule has 0 bridgehead atoms. The minimum atomic E-state index is 0.319. The fourth-order valence-electron chi connectivity index (χ4n) is 2.81. The smallest absolute Gasteiger partial charge is 0.144 e. The van der Waals surface area contributed by atoms with Crippen LogP contribution in [0.25, 0.3) is 11.3 Å². The fourth-order valence-corrected chi connectivity index (χ4v) is 2.81. The predicted molar refractivity (Wildman–Crippen MR) is 84.9 cm³/mol. The van der Waals surface area contributed by atoms with Crippen LogP contribution in [0, 0.1) is 11.3 Å². The van der Waals surface area contributed by atoms with Gasteiger partial charge < -0.3 is 10.6 Å². The van der Waals surface area contributed by atoms with Crippen LogP contribution in [0.2, 0.25) is 0 Å². The second-order valence-electron chi connectivity index (χ2n) is 5.31. The van der Waals surface area contributed by atoms with Crippen molar-refractivity contribution in [1.82, 2.24) is 4.98 Å². The van der Waals surface area contributed by atoms with Crippen molar-refractivity contribution in [1.29, 1.82) is 5.26 Å². The molecule has 106 valence electrons. The number of hydrogen-bond donors (Lipinski definition) is 1. The first kappa shape index (κ1) is 13.4. The second kappa shape index (κ2) is 5.84. The Hall–Kier alpha value is -2.54. The Kier molecular flexibility index (Phi) is 3.74. The maximum Gasteiger partial charge on any atom is 0.144 e. The molecule has 3 rings (SSSR count). The zero-order valence-corrected chi connectivity index (χ0v) is 11.9. The van der Waals surface area contributed by atoms with Crippen molar-refractivity contribution in [3.05, 3.63) is 42.0 Å². The van der Waals surface area contributed by atoms with Gasteiger partial charge in [-0.15, -0.1) is 0 Å². The van der Waals surface area contributed by atoms with E-state index in [0.717, 1.165) is 42.9 Å². The van der Waals surface area contributed by atoms with E-state index in [-0.39, 0.29) is 0 Å². The van der Waals surface area contributed by atoms with Crippen molar-refractivity contribution in [3.63, 3.8) is 0 Å². The Bertz CT molecular complexity index is 667. The molecule has 4 nitrogen and oxygen atoms in total. The standard InChI is InChI=1S/C17H18N4/c18-12-14-16(21-9-5-2-6-10-21)11-15(20-17(14)19)13-7-3-1-4-8-13/h1,3-4,7-8,11H,2,5-6,9-10H2,(H2,19,20). The molecule has 0 spiro atoms. The Balaban J connectivity index is 2.09. The zero-order chi connectivity index (χ0) is 14.7. The van der Waals surface area contributed by atoms with Gasteiger partial charge in [0.2, 0.25) is 0 Å². The molecule has 0 atom stereocenters. The summed E-state index contributed by atoms with van der Waals surface area (Å²) in [6.45, 7) is 1.96. The predicted octanol–water partition coefficient (Wildman–Crippen LogP) is 3.19. The number of hydrogen-bond acceptors (Lipinski definition) is 4. The summed E-state index contributed by atoms with van der Waals surface area (Å²) in [6, 6.07) is 14.2. The monoisotopic (exact) mass is 278 g/mol. The summed E-state index contributed by atoms with van der Waals surface area (Å²) in [5.74, 6) is 0.319. The molecule has 1 fully saturated rings. The molecule has 0 aliphatic carbocycles. The summed E-state index contributed by atoms with van der Waals surface area (Å²) in [6.07, 6.45) is 3.58.